The zero-order valence-corrected chi connectivity index (χ0v) is 10.3. The van der Waals surface area contributed by atoms with Crippen LogP contribution in [0, 0.1) is 0 Å². The Labute approximate surface area is 107 Å². The minimum atomic E-state index is 0.0114. The smallest absolute Gasteiger partial charge is 0.224 e. The van der Waals surface area contributed by atoms with E-state index in [2.05, 4.69) is 10.6 Å². The number of amides is 1. The van der Waals surface area contributed by atoms with Gasteiger partial charge in [0.05, 0.1) is 11.4 Å². The highest BCUT2D eigenvalue weighted by Gasteiger charge is 2.04. The topological polar surface area (TPSA) is 41.1 Å². The normalized spacial score (nSPS) is 9.83. The van der Waals surface area contributed by atoms with Gasteiger partial charge in [0.25, 0.3) is 0 Å². The molecule has 0 unspecified atom stereocenters. The minimum absolute atomic E-state index is 0.0114. The summed E-state index contributed by atoms with van der Waals surface area (Å²) in [5.41, 5.74) is 2.69. The number of benzene rings is 2. The lowest BCUT2D eigenvalue weighted by Gasteiger charge is -2.12. The summed E-state index contributed by atoms with van der Waals surface area (Å²) >= 11 is 0. The number of hydrogen-bond acceptors (Lipinski definition) is 2. The maximum Gasteiger partial charge on any atom is 0.224 e. The van der Waals surface area contributed by atoms with E-state index in [0.717, 1.165) is 17.1 Å². The molecule has 0 radical (unpaired) electrons. The van der Waals surface area contributed by atoms with Crippen LogP contribution in [0.25, 0.3) is 0 Å². The number of nitrogens with one attached hydrogen (secondary N) is 2. The number of anilines is 3. The lowest BCUT2D eigenvalue weighted by atomic mass is 10.2. The zero-order valence-electron chi connectivity index (χ0n) is 10.3. The van der Waals surface area contributed by atoms with Gasteiger partial charge in [-0.25, -0.2) is 0 Å². The molecule has 0 saturated heterocycles. The summed E-state index contributed by atoms with van der Waals surface area (Å²) in [5, 5.41) is 6.17. The molecule has 92 valence electrons. The molecule has 2 N–H and O–H groups in total. The molecule has 3 heteroatoms. The summed E-state index contributed by atoms with van der Waals surface area (Å²) in [6, 6.07) is 17.5. The molecule has 2 aromatic rings. The third-order valence-corrected chi connectivity index (χ3v) is 2.58. The van der Waals surface area contributed by atoms with Gasteiger partial charge in [0.2, 0.25) is 5.91 Å². The van der Waals surface area contributed by atoms with Gasteiger partial charge in [-0.3, -0.25) is 4.79 Å². The first-order valence-electron chi connectivity index (χ1n) is 6.00. The van der Waals surface area contributed by atoms with Crippen molar-refractivity contribution < 1.29 is 4.79 Å². The first-order valence-corrected chi connectivity index (χ1v) is 6.00. The highest BCUT2D eigenvalue weighted by atomic mass is 16.1. The molecule has 0 aliphatic rings. The van der Waals surface area contributed by atoms with E-state index < -0.39 is 0 Å². The van der Waals surface area contributed by atoms with Gasteiger partial charge < -0.3 is 10.6 Å². The average Bonchev–Trinajstić information content (AvgIpc) is 2.42. The van der Waals surface area contributed by atoms with Crippen LogP contribution in [-0.2, 0) is 4.79 Å². The number of hydrogen-bond donors (Lipinski definition) is 2. The van der Waals surface area contributed by atoms with E-state index in [0.29, 0.717) is 6.42 Å². The predicted molar refractivity (Wildman–Crippen MR) is 75.1 cm³/mol. The number of para-hydroxylation sites is 3. The maximum atomic E-state index is 11.4. The van der Waals surface area contributed by atoms with Crippen LogP contribution in [0.15, 0.2) is 54.6 Å². The van der Waals surface area contributed by atoms with Crippen molar-refractivity contribution in [3.63, 3.8) is 0 Å². The summed E-state index contributed by atoms with van der Waals surface area (Å²) in [5.74, 6) is 0.0114. The van der Waals surface area contributed by atoms with Gasteiger partial charge in [-0.15, -0.1) is 0 Å². The van der Waals surface area contributed by atoms with Crippen molar-refractivity contribution in [1.29, 1.82) is 0 Å². The first kappa shape index (κ1) is 12.2. The molecule has 0 saturated carbocycles. The molecule has 0 bridgehead atoms. The molecule has 0 aliphatic heterocycles. The Balaban J connectivity index is 2.20. The van der Waals surface area contributed by atoms with Gasteiger partial charge in [0, 0.05) is 12.1 Å². The van der Waals surface area contributed by atoms with E-state index in [4.69, 9.17) is 0 Å². The van der Waals surface area contributed by atoms with Gasteiger partial charge in [-0.05, 0) is 24.3 Å². The monoisotopic (exact) mass is 240 g/mol. The highest BCUT2D eigenvalue weighted by Crippen LogP contribution is 2.25. The molecule has 3 nitrogen and oxygen atoms in total. The minimum Gasteiger partial charge on any atom is -0.354 e. The highest BCUT2D eigenvalue weighted by molar-refractivity contribution is 5.94. The molecule has 0 spiro atoms. The number of carbonyl (C=O) groups is 1. The Morgan fingerprint density at radius 1 is 0.944 bits per heavy atom. The fourth-order valence-corrected chi connectivity index (χ4v) is 1.62. The van der Waals surface area contributed by atoms with Crippen molar-refractivity contribution in [2.75, 3.05) is 10.6 Å². The standard InChI is InChI=1S/C15H16N2O/c1-2-15(18)17-14-11-7-6-10-13(14)16-12-8-4-3-5-9-12/h3-11,16H,2H2,1H3,(H,17,18). The molecular formula is C15H16N2O. The van der Waals surface area contributed by atoms with Crippen LogP contribution >= 0.6 is 0 Å². The van der Waals surface area contributed by atoms with E-state index in [1.165, 1.54) is 0 Å². The van der Waals surface area contributed by atoms with Crippen LogP contribution in [0.3, 0.4) is 0 Å². The van der Waals surface area contributed by atoms with Crippen LogP contribution in [0.4, 0.5) is 17.1 Å². The van der Waals surface area contributed by atoms with E-state index in [1.807, 2.05) is 61.5 Å². The Kier molecular flexibility index (Phi) is 3.97. The SMILES string of the molecule is CCC(=O)Nc1ccccc1Nc1ccccc1. The zero-order chi connectivity index (χ0) is 12.8. The summed E-state index contributed by atoms with van der Waals surface area (Å²) in [6.07, 6.45) is 0.472. The average molecular weight is 240 g/mol. The molecule has 2 rings (SSSR count). The van der Waals surface area contributed by atoms with Gasteiger partial charge in [0.1, 0.15) is 0 Å². The molecule has 0 heterocycles. The Hall–Kier alpha value is -2.29. The van der Waals surface area contributed by atoms with Crippen LogP contribution < -0.4 is 10.6 Å². The molecule has 0 fully saturated rings. The van der Waals surface area contributed by atoms with Crippen molar-refractivity contribution in [2.45, 2.75) is 13.3 Å². The van der Waals surface area contributed by atoms with Crippen molar-refractivity contribution in [2.24, 2.45) is 0 Å². The molecule has 18 heavy (non-hydrogen) atoms. The van der Waals surface area contributed by atoms with Crippen LogP contribution in [0.1, 0.15) is 13.3 Å². The van der Waals surface area contributed by atoms with Gasteiger partial charge >= 0.3 is 0 Å². The van der Waals surface area contributed by atoms with Crippen LogP contribution in [0.2, 0.25) is 0 Å². The summed E-state index contributed by atoms with van der Waals surface area (Å²) < 4.78 is 0. The van der Waals surface area contributed by atoms with Crippen LogP contribution in [-0.4, -0.2) is 5.91 Å². The van der Waals surface area contributed by atoms with Gasteiger partial charge in [0.15, 0.2) is 0 Å². The lowest BCUT2D eigenvalue weighted by Crippen LogP contribution is -2.10. The van der Waals surface area contributed by atoms with Crippen molar-refractivity contribution in [3.8, 4) is 0 Å². The second-order valence-corrected chi connectivity index (χ2v) is 3.94. The Morgan fingerprint density at radius 3 is 2.22 bits per heavy atom. The number of rotatable bonds is 4. The summed E-state index contributed by atoms with van der Waals surface area (Å²) in [7, 11) is 0. The Morgan fingerprint density at radius 2 is 1.56 bits per heavy atom. The molecule has 2 aromatic carbocycles. The van der Waals surface area contributed by atoms with E-state index in [9.17, 15) is 4.79 Å². The summed E-state index contributed by atoms with van der Waals surface area (Å²) in [4.78, 5) is 11.4. The number of carbonyl (C=O) groups excluding carboxylic acids is 1. The van der Waals surface area contributed by atoms with Crippen molar-refractivity contribution in [1.82, 2.24) is 0 Å². The lowest BCUT2D eigenvalue weighted by molar-refractivity contribution is -0.115. The van der Waals surface area contributed by atoms with E-state index in [-0.39, 0.29) is 5.91 Å². The molecule has 0 atom stereocenters. The van der Waals surface area contributed by atoms with Crippen LogP contribution in [0.5, 0.6) is 0 Å². The van der Waals surface area contributed by atoms with Gasteiger partial charge in [-0.1, -0.05) is 37.3 Å². The van der Waals surface area contributed by atoms with Crippen molar-refractivity contribution in [3.05, 3.63) is 54.6 Å². The largest absolute Gasteiger partial charge is 0.354 e. The maximum absolute atomic E-state index is 11.4. The predicted octanol–water partition coefficient (Wildman–Crippen LogP) is 3.78. The van der Waals surface area contributed by atoms with E-state index in [1.54, 1.807) is 0 Å². The van der Waals surface area contributed by atoms with Crippen molar-refractivity contribution >= 4 is 23.0 Å². The third-order valence-electron chi connectivity index (χ3n) is 2.58. The third kappa shape index (κ3) is 3.10. The second-order valence-electron chi connectivity index (χ2n) is 3.94. The first-order chi connectivity index (χ1) is 8.79. The fourth-order valence-electron chi connectivity index (χ4n) is 1.62. The quantitative estimate of drug-likeness (QED) is 0.853. The van der Waals surface area contributed by atoms with Gasteiger partial charge in [-0.2, -0.15) is 0 Å². The summed E-state index contributed by atoms with van der Waals surface area (Å²) in [6.45, 7) is 1.84. The second kappa shape index (κ2) is 5.87. The fraction of sp³-hybridized carbons (Fsp3) is 0.133. The molecule has 0 aliphatic carbocycles. The Bertz CT molecular complexity index is 523. The molecular weight excluding hydrogens is 224 g/mol. The van der Waals surface area contributed by atoms with E-state index >= 15 is 0 Å². The molecule has 0 aromatic heterocycles. The molecule has 1 amide bonds.